The fraction of sp³-hybridized carbons (Fsp3) is 0.300. The van der Waals surface area contributed by atoms with Crippen LogP contribution in [0, 0.1) is 10.1 Å². The lowest BCUT2D eigenvalue weighted by Crippen LogP contribution is -2.02. The van der Waals surface area contributed by atoms with E-state index in [-0.39, 0.29) is 11.3 Å². The van der Waals surface area contributed by atoms with Gasteiger partial charge in [0.2, 0.25) is 0 Å². The molecule has 0 saturated heterocycles. The molecule has 0 heterocycles. The predicted octanol–water partition coefficient (Wildman–Crippen LogP) is 2.26. The van der Waals surface area contributed by atoms with Crippen LogP contribution in [0.5, 0.6) is 0 Å². The van der Waals surface area contributed by atoms with Crippen molar-refractivity contribution in [2.45, 2.75) is 20.8 Å². The summed E-state index contributed by atoms with van der Waals surface area (Å²) in [7, 11) is 0. The van der Waals surface area contributed by atoms with Gasteiger partial charge in [0, 0.05) is 6.08 Å². The first-order valence-electron chi connectivity index (χ1n) is 4.14. The molecule has 0 aromatic carbocycles. The summed E-state index contributed by atoms with van der Waals surface area (Å²) < 4.78 is 0. The third kappa shape index (κ3) is 3.80. The average Bonchev–Trinajstić information content (AvgIpc) is 2.11. The molecular formula is C10H13NO3. The number of carbonyl (C=O) groups is 1. The maximum absolute atomic E-state index is 10.6. The number of hydrogen-bond donors (Lipinski definition) is 0. The first-order chi connectivity index (χ1) is 6.52. The lowest BCUT2D eigenvalue weighted by molar-refractivity contribution is -0.420. The van der Waals surface area contributed by atoms with Gasteiger partial charge in [0.15, 0.2) is 6.29 Å². The molecular weight excluding hydrogens is 182 g/mol. The van der Waals surface area contributed by atoms with Gasteiger partial charge >= 0.3 is 0 Å². The van der Waals surface area contributed by atoms with E-state index < -0.39 is 4.92 Å². The molecule has 14 heavy (non-hydrogen) atoms. The second kappa shape index (κ2) is 5.85. The normalized spacial score (nSPS) is 12.2. The Labute approximate surface area is 82.8 Å². The molecule has 4 heteroatoms. The van der Waals surface area contributed by atoms with Crippen molar-refractivity contribution in [3.63, 3.8) is 0 Å². The molecule has 0 rings (SSSR count). The third-order valence-electron chi connectivity index (χ3n) is 1.50. The highest BCUT2D eigenvalue weighted by Gasteiger charge is 2.14. The van der Waals surface area contributed by atoms with Crippen molar-refractivity contribution in [1.82, 2.24) is 0 Å². The molecule has 0 aliphatic rings. The Morgan fingerprint density at radius 1 is 1.29 bits per heavy atom. The number of allylic oxidation sites excluding steroid dienone is 5. The fourth-order valence-electron chi connectivity index (χ4n) is 0.784. The molecule has 0 fully saturated rings. The standard InChI is InChI=1S/C10H13NO3/c1-4-9(7-12)10(11(13)14)6-5-8(2)3/h4-7H,1-3H3/b9-4-,10-6+. The van der Waals surface area contributed by atoms with Crippen molar-refractivity contribution in [2.75, 3.05) is 0 Å². The van der Waals surface area contributed by atoms with Gasteiger partial charge in [-0.1, -0.05) is 17.7 Å². The number of rotatable bonds is 4. The van der Waals surface area contributed by atoms with Crippen molar-refractivity contribution in [1.29, 1.82) is 0 Å². The number of hydrogen-bond acceptors (Lipinski definition) is 3. The van der Waals surface area contributed by atoms with Crippen LogP contribution in [0.1, 0.15) is 20.8 Å². The van der Waals surface area contributed by atoms with Crippen LogP contribution in [0.15, 0.2) is 35.1 Å². The van der Waals surface area contributed by atoms with Gasteiger partial charge in [0.05, 0.1) is 10.5 Å². The average molecular weight is 195 g/mol. The van der Waals surface area contributed by atoms with Gasteiger partial charge < -0.3 is 0 Å². The summed E-state index contributed by atoms with van der Waals surface area (Å²) in [6, 6.07) is 0. The van der Waals surface area contributed by atoms with Crippen molar-refractivity contribution >= 4 is 6.29 Å². The van der Waals surface area contributed by atoms with Gasteiger partial charge in [-0.15, -0.1) is 0 Å². The number of nitrogens with zero attached hydrogens (tertiary/aromatic N) is 1. The zero-order valence-corrected chi connectivity index (χ0v) is 8.48. The van der Waals surface area contributed by atoms with Crippen molar-refractivity contribution in [3.05, 3.63) is 45.2 Å². The maximum Gasteiger partial charge on any atom is 0.279 e. The molecule has 0 saturated carbocycles. The SMILES string of the molecule is C/C=C(C=O)\C(=C/C=C(C)C)[N+](=O)[O-]. The summed E-state index contributed by atoms with van der Waals surface area (Å²) in [6.45, 7) is 5.23. The summed E-state index contributed by atoms with van der Waals surface area (Å²) in [5, 5.41) is 10.6. The smallest absolute Gasteiger partial charge is 0.279 e. The fourth-order valence-corrected chi connectivity index (χ4v) is 0.784. The van der Waals surface area contributed by atoms with Gasteiger partial charge in [-0.3, -0.25) is 14.9 Å². The van der Waals surface area contributed by atoms with Crippen LogP contribution in [0.3, 0.4) is 0 Å². The number of carbonyl (C=O) groups excluding carboxylic acids is 1. The van der Waals surface area contributed by atoms with Crippen molar-refractivity contribution in [3.8, 4) is 0 Å². The van der Waals surface area contributed by atoms with E-state index in [2.05, 4.69) is 0 Å². The monoisotopic (exact) mass is 195 g/mol. The van der Waals surface area contributed by atoms with E-state index in [4.69, 9.17) is 0 Å². The van der Waals surface area contributed by atoms with Gasteiger partial charge in [-0.25, -0.2) is 0 Å². The molecule has 0 spiro atoms. The third-order valence-corrected chi connectivity index (χ3v) is 1.50. The maximum atomic E-state index is 10.6. The summed E-state index contributed by atoms with van der Waals surface area (Å²) >= 11 is 0. The van der Waals surface area contributed by atoms with Crippen LogP contribution in [-0.2, 0) is 4.79 Å². The first-order valence-corrected chi connectivity index (χ1v) is 4.14. The van der Waals surface area contributed by atoms with Gasteiger partial charge in [0.25, 0.3) is 5.70 Å². The van der Waals surface area contributed by atoms with Gasteiger partial charge in [-0.05, 0) is 20.8 Å². The minimum Gasteiger partial charge on any atom is -0.298 e. The highest BCUT2D eigenvalue weighted by atomic mass is 16.6. The lowest BCUT2D eigenvalue weighted by atomic mass is 10.2. The Morgan fingerprint density at radius 3 is 2.14 bits per heavy atom. The molecule has 0 unspecified atom stereocenters. The van der Waals surface area contributed by atoms with E-state index in [1.165, 1.54) is 12.2 Å². The molecule has 0 amide bonds. The second-order valence-corrected chi connectivity index (χ2v) is 2.91. The molecule has 0 aliphatic carbocycles. The number of aldehydes is 1. The Bertz CT molecular complexity index is 320. The molecule has 0 aromatic heterocycles. The lowest BCUT2D eigenvalue weighted by Gasteiger charge is -1.94. The van der Waals surface area contributed by atoms with E-state index in [1.54, 1.807) is 13.0 Å². The van der Waals surface area contributed by atoms with Crippen LogP contribution in [0.4, 0.5) is 0 Å². The van der Waals surface area contributed by atoms with E-state index in [9.17, 15) is 14.9 Å². The molecule has 0 radical (unpaired) electrons. The number of nitro groups is 1. The largest absolute Gasteiger partial charge is 0.298 e. The summed E-state index contributed by atoms with van der Waals surface area (Å²) in [6.07, 6.45) is 4.83. The predicted molar refractivity (Wildman–Crippen MR) is 54.3 cm³/mol. The van der Waals surface area contributed by atoms with Crippen LogP contribution >= 0.6 is 0 Å². The van der Waals surface area contributed by atoms with Crippen molar-refractivity contribution in [2.24, 2.45) is 0 Å². The van der Waals surface area contributed by atoms with E-state index >= 15 is 0 Å². The van der Waals surface area contributed by atoms with E-state index in [0.717, 1.165) is 5.57 Å². The quantitative estimate of drug-likeness (QED) is 0.227. The molecule has 76 valence electrons. The first kappa shape index (κ1) is 12.3. The van der Waals surface area contributed by atoms with Gasteiger partial charge in [0.1, 0.15) is 0 Å². The summed E-state index contributed by atoms with van der Waals surface area (Å²) in [5.41, 5.74) is 0.849. The zero-order chi connectivity index (χ0) is 11.1. The minimum atomic E-state index is -0.566. The minimum absolute atomic E-state index is 0.0903. The molecule has 0 atom stereocenters. The van der Waals surface area contributed by atoms with Gasteiger partial charge in [-0.2, -0.15) is 0 Å². The van der Waals surface area contributed by atoms with Crippen LogP contribution in [0.25, 0.3) is 0 Å². The molecule has 0 bridgehead atoms. The summed E-state index contributed by atoms with van der Waals surface area (Å²) in [4.78, 5) is 20.5. The molecule has 0 aliphatic heterocycles. The van der Waals surface area contributed by atoms with Crippen LogP contribution < -0.4 is 0 Å². The molecule has 4 nitrogen and oxygen atoms in total. The molecule has 0 aromatic rings. The Hall–Kier alpha value is -1.71. The Kier molecular flexibility index (Phi) is 5.14. The second-order valence-electron chi connectivity index (χ2n) is 2.91. The molecule has 0 N–H and O–H groups in total. The van der Waals surface area contributed by atoms with E-state index in [1.807, 2.05) is 13.8 Å². The summed E-state index contributed by atoms with van der Waals surface area (Å²) in [5.74, 6) is 0. The Balaban J connectivity index is 5.15. The highest BCUT2D eigenvalue weighted by Crippen LogP contribution is 2.09. The van der Waals surface area contributed by atoms with E-state index in [0.29, 0.717) is 6.29 Å². The zero-order valence-electron chi connectivity index (χ0n) is 8.48. The van der Waals surface area contributed by atoms with Crippen molar-refractivity contribution < 1.29 is 9.72 Å². The van der Waals surface area contributed by atoms with Crippen LogP contribution in [-0.4, -0.2) is 11.2 Å². The van der Waals surface area contributed by atoms with Crippen LogP contribution in [0.2, 0.25) is 0 Å². The topological polar surface area (TPSA) is 60.2 Å². The Morgan fingerprint density at radius 2 is 1.86 bits per heavy atom. The highest BCUT2D eigenvalue weighted by molar-refractivity contribution is 5.78.